The molecule has 0 aliphatic heterocycles. The first-order valence-electron chi connectivity index (χ1n) is 7.46. The lowest BCUT2D eigenvalue weighted by Crippen LogP contribution is -2.13. The van der Waals surface area contributed by atoms with Crippen molar-refractivity contribution in [1.82, 2.24) is 4.98 Å². The Labute approximate surface area is 143 Å². The van der Waals surface area contributed by atoms with Crippen LogP contribution in [0.3, 0.4) is 0 Å². The van der Waals surface area contributed by atoms with Crippen molar-refractivity contribution in [3.8, 4) is 5.75 Å². The summed E-state index contributed by atoms with van der Waals surface area (Å²) in [5, 5.41) is -0.173. The topological polar surface area (TPSA) is 39.2 Å². The predicted octanol–water partition coefficient (Wildman–Crippen LogP) is 5.06. The molecular formula is C18H17NO2S2. The normalized spacial score (nSPS) is 12.3. The molecule has 1 unspecified atom stereocenters. The monoisotopic (exact) mass is 343 g/mol. The highest BCUT2D eigenvalue weighted by molar-refractivity contribution is 8.02. The number of thioether (sulfide) groups is 1. The third-order valence-electron chi connectivity index (χ3n) is 3.37. The van der Waals surface area contributed by atoms with Crippen LogP contribution < -0.4 is 4.74 Å². The minimum atomic E-state index is -0.173. The standard InChI is InChI=1S/C18H17NO2S2/c1-3-21-14-10-8-13(9-11-14)17(20)12(2)22-18-19-15-6-4-5-7-16(15)23-18/h4-12H,3H2,1-2H3. The van der Waals surface area contributed by atoms with Gasteiger partial charge in [0.25, 0.3) is 0 Å². The molecule has 0 bridgehead atoms. The second-order valence-electron chi connectivity index (χ2n) is 5.03. The number of rotatable bonds is 6. The summed E-state index contributed by atoms with van der Waals surface area (Å²) >= 11 is 3.14. The van der Waals surface area contributed by atoms with Crippen LogP contribution in [0.15, 0.2) is 52.9 Å². The minimum absolute atomic E-state index is 0.109. The summed E-state index contributed by atoms with van der Waals surface area (Å²) in [6.45, 7) is 4.49. The first-order valence-corrected chi connectivity index (χ1v) is 9.16. The van der Waals surface area contributed by atoms with Crippen LogP contribution in [-0.2, 0) is 0 Å². The number of carbonyl (C=O) groups excluding carboxylic acids is 1. The highest BCUT2D eigenvalue weighted by Gasteiger charge is 2.18. The Bertz CT molecular complexity index is 778. The summed E-state index contributed by atoms with van der Waals surface area (Å²) < 4.78 is 7.48. The van der Waals surface area contributed by atoms with Gasteiger partial charge in [-0.15, -0.1) is 11.3 Å². The highest BCUT2D eigenvalue weighted by Crippen LogP contribution is 2.33. The number of hydrogen-bond acceptors (Lipinski definition) is 5. The molecule has 1 atom stereocenters. The minimum Gasteiger partial charge on any atom is -0.494 e. The van der Waals surface area contributed by atoms with Gasteiger partial charge < -0.3 is 4.74 Å². The van der Waals surface area contributed by atoms with Gasteiger partial charge in [0.05, 0.1) is 22.1 Å². The van der Waals surface area contributed by atoms with Gasteiger partial charge in [0.1, 0.15) is 5.75 Å². The van der Waals surface area contributed by atoms with Crippen molar-refractivity contribution in [3.05, 3.63) is 54.1 Å². The molecule has 0 spiro atoms. The number of ketones is 1. The summed E-state index contributed by atoms with van der Waals surface area (Å²) in [5.74, 6) is 0.896. The molecule has 118 valence electrons. The van der Waals surface area contributed by atoms with Crippen LogP contribution in [0.2, 0.25) is 0 Å². The van der Waals surface area contributed by atoms with Gasteiger partial charge in [-0.2, -0.15) is 0 Å². The molecule has 23 heavy (non-hydrogen) atoms. The molecule has 0 saturated heterocycles. The molecule has 3 rings (SSSR count). The fourth-order valence-electron chi connectivity index (χ4n) is 2.22. The zero-order valence-corrected chi connectivity index (χ0v) is 14.6. The molecule has 0 N–H and O–H groups in total. The summed E-state index contributed by atoms with van der Waals surface area (Å²) in [4.78, 5) is 17.1. The van der Waals surface area contributed by atoms with Crippen molar-refractivity contribution in [1.29, 1.82) is 0 Å². The van der Waals surface area contributed by atoms with E-state index < -0.39 is 0 Å². The number of benzene rings is 2. The van der Waals surface area contributed by atoms with E-state index in [0.29, 0.717) is 12.2 Å². The maximum Gasteiger partial charge on any atom is 0.175 e. The van der Waals surface area contributed by atoms with Crippen LogP contribution >= 0.6 is 23.1 Å². The van der Waals surface area contributed by atoms with E-state index in [-0.39, 0.29) is 11.0 Å². The van der Waals surface area contributed by atoms with E-state index in [1.807, 2.05) is 56.3 Å². The lowest BCUT2D eigenvalue weighted by atomic mass is 10.1. The molecule has 0 aliphatic rings. The van der Waals surface area contributed by atoms with Gasteiger partial charge in [-0.3, -0.25) is 4.79 Å². The SMILES string of the molecule is CCOc1ccc(C(=O)C(C)Sc2nc3ccccc3s2)cc1. The number of thiazole rings is 1. The van der Waals surface area contributed by atoms with E-state index in [1.165, 1.54) is 11.8 Å². The second kappa shape index (κ2) is 7.15. The van der Waals surface area contributed by atoms with Crippen molar-refractivity contribution in [2.24, 2.45) is 0 Å². The van der Waals surface area contributed by atoms with Crippen molar-refractivity contribution < 1.29 is 9.53 Å². The number of Topliss-reactive ketones (excluding diaryl/α,β-unsaturated/α-hetero) is 1. The van der Waals surface area contributed by atoms with Crippen LogP contribution in [0.5, 0.6) is 5.75 Å². The van der Waals surface area contributed by atoms with E-state index in [2.05, 4.69) is 11.1 Å². The molecule has 1 heterocycles. The lowest BCUT2D eigenvalue weighted by Gasteiger charge is -2.09. The summed E-state index contributed by atoms with van der Waals surface area (Å²) in [7, 11) is 0. The average Bonchev–Trinajstić information content (AvgIpc) is 2.97. The van der Waals surface area contributed by atoms with Gasteiger partial charge >= 0.3 is 0 Å². The maximum atomic E-state index is 12.5. The van der Waals surface area contributed by atoms with Crippen LogP contribution in [-0.4, -0.2) is 22.6 Å². The van der Waals surface area contributed by atoms with Gasteiger partial charge in [0, 0.05) is 5.56 Å². The van der Waals surface area contributed by atoms with Crippen molar-refractivity contribution >= 4 is 39.1 Å². The number of aromatic nitrogens is 1. The zero-order valence-electron chi connectivity index (χ0n) is 13.0. The molecular weight excluding hydrogens is 326 g/mol. The number of hydrogen-bond donors (Lipinski definition) is 0. The van der Waals surface area contributed by atoms with Gasteiger partial charge in [-0.05, 0) is 50.2 Å². The molecule has 3 nitrogen and oxygen atoms in total. The van der Waals surface area contributed by atoms with Crippen LogP contribution in [0.25, 0.3) is 10.2 Å². The first-order chi connectivity index (χ1) is 11.2. The molecule has 0 saturated carbocycles. The Morgan fingerprint density at radius 3 is 2.65 bits per heavy atom. The number of ether oxygens (including phenoxy) is 1. The number of fused-ring (bicyclic) bond motifs is 1. The quantitative estimate of drug-likeness (QED) is 0.463. The van der Waals surface area contributed by atoms with E-state index in [0.717, 1.165) is 20.3 Å². The fourth-order valence-corrected chi connectivity index (χ4v) is 4.51. The third kappa shape index (κ3) is 3.74. The average molecular weight is 343 g/mol. The van der Waals surface area contributed by atoms with Crippen molar-refractivity contribution in [2.75, 3.05) is 6.61 Å². The van der Waals surface area contributed by atoms with Gasteiger partial charge in [0.15, 0.2) is 10.1 Å². The Hall–Kier alpha value is -1.85. The van der Waals surface area contributed by atoms with E-state index >= 15 is 0 Å². The van der Waals surface area contributed by atoms with Crippen molar-refractivity contribution in [3.63, 3.8) is 0 Å². The van der Waals surface area contributed by atoms with E-state index in [1.54, 1.807) is 11.3 Å². The summed E-state index contributed by atoms with van der Waals surface area (Å²) in [5.41, 5.74) is 1.69. The van der Waals surface area contributed by atoms with Gasteiger partial charge in [-0.1, -0.05) is 23.9 Å². The summed E-state index contributed by atoms with van der Waals surface area (Å²) in [6.07, 6.45) is 0. The molecule has 2 aromatic carbocycles. The molecule has 3 aromatic rings. The van der Waals surface area contributed by atoms with E-state index in [9.17, 15) is 4.79 Å². The van der Waals surface area contributed by atoms with Gasteiger partial charge in [0.2, 0.25) is 0 Å². The molecule has 0 fully saturated rings. The number of para-hydroxylation sites is 1. The van der Waals surface area contributed by atoms with E-state index in [4.69, 9.17) is 4.74 Å². The smallest absolute Gasteiger partial charge is 0.175 e. The molecule has 0 radical (unpaired) electrons. The molecule has 5 heteroatoms. The van der Waals surface area contributed by atoms with Gasteiger partial charge in [-0.25, -0.2) is 4.98 Å². The largest absolute Gasteiger partial charge is 0.494 e. The highest BCUT2D eigenvalue weighted by atomic mass is 32.2. The zero-order chi connectivity index (χ0) is 16.2. The van der Waals surface area contributed by atoms with Crippen molar-refractivity contribution in [2.45, 2.75) is 23.4 Å². The van der Waals surface area contributed by atoms with Crippen LogP contribution in [0.4, 0.5) is 0 Å². The fraction of sp³-hybridized carbons (Fsp3) is 0.222. The van der Waals surface area contributed by atoms with Crippen LogP contribution in [0, 0.1) is 0 Å². The Balaban J connectivity index is 1.71. The Kier molecular flexibility index (Phi) is 4.98. The lowest BCUT2D eigenvalue weighted by molar-refractivity contribution is 0.0994. The molecule has 1 aromatic heterocycles. The molecule has 0 amide bonds. The molecule has 0 aliphatic carbocycles. The first kappa shape index (κ1) is 16.0. The summed E-state index contributed by atoms with van der Waals surface area (Å²) in [6, 6.07) is 15.3. The Morgan fingerprint density at radius 1 is 1.22 bits per heavy atom. The second-order valence-corrected chi connectivity index (χ2v) is 7.65. The Morgan fingerprint density at radius 2 is 1.96 bits per heavy atom. The number of carbonyl (C=O) groups is 1. The van der Waals surface area contributed by atoms with Crippen LogP contribution in [0.1, 0.15) is 24.2 Å². The number of nitrogens with zero attached hydrogens (tertiary/aromatic N) is 1. The predicted molar refractivity (Wildman–Crippen MR) is 96.9 cm³/mol. The third-order valence-corrected chi connectivity index (χ3v) is 5.60. The maximum absolute atomic E-state index is 12.5.